The van der Waals surface area contributed by atoms with Gasteiger partial charge in [-0.3, -0.25) is 14.2 Å². The topological polar surface area (TPSA) is 81.2 Å². The largest absolute Gasteiger partial charge is 0.334 e. The van der Waals surface area contributed by atoms with E-state index in [1.807, 2.05) is 59.5 Å². The van der Waals surface area contributed by atoms with Crippen LogP contribution in [0.2, 0.25) is 0 Å². The molecule has 0 unspecified atom stereocenters. The second kappa shape index (κ2) is 13.1. The van der Waals surface area contributed by atoms with Crippen molar-refractivity contribution in [1.29, 1.82) is 0 Å². The molecular weight excluding hydrogens is 535 g/mol. The quantitative estimate of drug-likeness (QED) is 0.255. The molecule has 0 spiro atoms. The highest BCUT2D eigenvalue weighted by atomic mass is 32.2. The fourth-order valence-corrected chi connectivity index (χ4v) is 6.93. The van der Waals surface area contributed by atoms with Gasteiger partial charge in [0.05, 0.1) is 17.1 Å². The average Bonchev–Trinajstić information content (AvgIpc) is 3.36. The predicted molar refractivity (Wildman–Crippen MR) is 155 cm³/mol. The Kier molecular flexibility index (Phi) is 10.4. The van der Waals surface area contributed by atoms with E-state index in [0.717, 1.165) is 15.6 Å². The van der Waals surface area contributed by atoms with Crippen molar-refractivity contribution >= 4 is 67.5 Å². The lowest BCUT2D eigenvalue weighted by atomic mass is 10.2. The number of thiocarbonyl (C=S) groups is 1. The summed E-state index contributed by atoms with van der Waals surface area (Å²) in [4.78, 5) is 20.5. The lowest BCUT2D eigenvalue weighted by Gasteiger charge is -2.21. The van der Waals surface area contributed by atoms with Crippen molar-refractivity contribution in [3.05, 3.63) is 64.5 Å². The molecule has 1 fully saturated rings. The third-order valence-corrected chi connectivity index (χ3v) is 9.19. The van der Waals surface area contributed by atoms with Crippen molar-refractivity contribution < 1.29 is 17.8 Å². The van der Waals surface area contributed by atoms with Gasteiger partial charge in [0.25, 0.3) is 16.0 Å². The van der Waals surface area contributed by atoms with Crippen LogP contribution in [0, 0.1) is 0 Å². The van der Waals surface area contributed by atoms with Gasteiger partial charge < -0.3 is 9.80 Å². The van der Waals surface area contributed by atoms with Crippen molar-refractivity contribution in [1.82, 2.24) is 4.90 Å². The van der Waals surface area contributed by atoms with Crippen LogP contribution in [-0.4, -0.2) is 60.0 Å². The van der Waals surface area contributed by atoms with E-state index in [4.69, 9.17) is 16.8 Å². The highest BCUT2D eigenvalue weighted by molar-refractivity contribution is 8.27. The van der Waals surface area contributed by atoms with Gasteiger partial charge in [0.15, 0.2) is 4.32 Å². The molecular formula is C25H31N3O4S4. The Morgan fingerprint density at radius 3 is 2.14 bits per heavy atom. The Balaban J connectivity index is 0.000000454. The van der Waals surface area contributed by atoms with Crippen LogP contribution < -0.4 is 9.80 Å². The van der Waals surface area contributed by atoms with Crippen LogP contribution >= 0.6 is 35.7 Å². The molecule has 4 rings (SSSR count). The van der Waals surface area contributed by atoms with Crippen molar-refractivity contribution in [2.24, 2.45) is 0 Å². The molecule has 1 saturated heterocycles. The zero-order chi connectivity index (χ0) is 26.3. The third-order valence-electron chi connectivity index (χ3n) is 5.71. The summed E-state index contributed by atoms with van der Waals surface area (Å²) in [6, 6.07) is 16.9. The lowest BCUT2D eigenvalue weighted by Crippen LogP contribution is -2.29. The minimum absolute atomic E-state index is 0.193. The first-order valence-electron chi connectivity index (χ1n) is 11.8. The van der Waals surface area contributed by atoms with E-state index in [9.17, 15) is 13.2 Å². The van der Waals surface area contributed by atoms with Gasteiger partial charge in [-0.15, -0.1) is 0 Å². The summed E-state index contributed by atoms with van der Waals surface area (Å²) in [5.74, 6) is -0.532. The summed E-state index contributed by atoms with van der Waals surface area (Å²) in [5, 5.41) is 0.734. The smallest absolute Gasteiger partial charge is 0.273 e. The van der Waals surface area contributed by atoms with Crippen molar-refractivity contribution in [3.63, 3.8) is 0 Å². The molecule has 194 valence electrons. The van der Waals surface area contributed by atoms with Crippen molar-refractivity contribution in [2.45, 2.75) is 32.1 Å². The van der Waals surface area contributed by atoms with E-state index in [-0.39, 0.29) is 18.1 Å². The number of hydrogen-bond donors (Lipinski definition) is 1. The number of amides is 1. The number of thioether (sulfide) groups is 2. The number of hydrogen-bond acceptors (Lipinski definition) is 8. The SMILES string of the molecule is CCN(CC)CC.O=C1/C(=C2/Sc3ccccc3N2CCCS(=O)(=O)O)SC(=S)N1c1ccccc1. The van der Waals surface area contributed by atoms with Gasteiger partial charge in [-0.2, -0.15) is 8.42 Å². The van der Waals surface area contributed by atoms with Crippen LogP contribution in [0.1, 0.15) is 27.2 Å². The van der Waals surface area contributed by atoms with Crippen LogP contribution in [0.3, 0.4) is 0 Å². The van der Waals surface area contributed by atoms with Crippen molar-refractivity contribution in [3.8, 4) is 0 Å². The zero-order valence-corrected chi connectivity index (χ0v) is 23.9. The van der Waals surface area contributed by atoms with Gasteiger partial charge in [-0.25, -0.2) is 0 Å². The summed E-state index contributed by atoms with van der Waals surface area (Å²) < 4.78 is 31.8. The van der Waals surface area contributed by atoms with Crippen LogP contribution in [0.5, 0.6) is 0 Å². The fraction of sp³-hybridized carbons (Fsp3) is 0.360. The first kappa shape index (κ1) is 28.7. The normalized spacial score (nSPS) is 17.5. The molecule has 2 aromatic carbocycles. The molecule has 2 aliphatic heterocycles. The summed E-state index contributed by atoms with van der Waals surface area (Å²) in [6.07, 6.45) is 0.232. The maximum Gasteiger partial charge on any atom is 0.273 e. The minimum atomic E-state index is -4.04. The molecule has 7 nitrogen and oxygen atoms in total. The van der Waals surface area contributed by atoms with Crippen molar-refractivity contribution in [2.75, 3.05) is 41.7 Å². The number of carbonyl (C=O) groups excluding carboxylic acids is 1. The van der Waals surface area contributed by atoms with E-state index < -0.39 is 10.1 Å². The maximum absolute atomic E-state index is 13.2. The zero-order valence-electron chi connectivity index (χ0n) is 20.6. The summed E-state index contributed by atoms with van der Waals surface area (Å²) in [6.45, 7) is 10.5. The van der Waals surface area contributed by atoms with Crippen LogP contribution in [-0.2, 0) is 14.9 Å². The number of rotatable bonds is 8. The highest BCUT2D eigenvalue weighted by Crippen LogP contribution is 2.51. The molecule has 11 heteroatoms. The molecule has 2 aromatic rings. The van der Waals surface area contributed by atoms with Crippen LogP contribution in [0.15, 0.2) is 69.4 Å². The van der Waals surface area contributed by atoms with Crippen LogP contribution in [0.25, 0.3) is 0 Å². The first-order chi connectivity index (χ1) is 17.2. The number of benzene rings is 2. The van der Waals surface area contributed by atoms with Gasteiger partial charge in [0.2, 0.25) is 0 Å². The first-order valence-corrected chi connectivity index (χ1v) is 15.4. The predicted octanol–water partition coefficient (Wildman–Crippen LogP) is 5.46. The molecule has 36 heavy (non-hydrogen) atoms. The van der Waals surface area contributed by atoms with E-state index in [1.54, 1.807) is 0 Å². The molecule has 0 saturated carbocycles. The molecule has 0 atom stereocenters. The molecule has 0 aliphatic carbocycles. The highest BCUT2D eigenvalue weighted by Gasteiger charge is 2.39. The summed E-state index contributed by atoms with van der Waals surface area (Å²) >= 11 is 8.18. The second-order valence-corrected chi connectivity index (χ2v) is 12.2. The molecule has 2 aliphatic rings. The van der Waals surface area contributed by atoms with Gasteiger partial charge in [0.1, 0.15) is 9.93 Å². The van der Waals surface area contributed by atoms with Gasteiger partial charge in [0, 0.05) is 11.4 Å². The fourth-order valence-electron chi connectivity index (χ4n) is 3.80. The molecule has 0 bridgehead atoms. The monoisotopic (exact) mass is 565 g/mol. The Morgan fingerprint density at radius 1 is 0.944 bits per heavy atom. The average molecular weight is 566 g/mol. The number of nitrogens with zero attached hydrogens (tertiary/aromatic N) is 3. The standard InChI is InChI=1S/C19H16N2O4S4.C6H15N/c22-17-16(28-19(26)21(17)13-7-2-1-3-8-13)18-20(11-6-12-29(23,24)25)14-9-4-5-10-15(14)27-18;1-4-7(5-2)6-3/h1-5,7-10H,6,11-12H2,(H,23,24,25);4-6H2,1-3H3/b18-16-;. The molecule has 1 amide bonds. The number of carbonyl (C=O) groups is 1. The summed E-state index contributed by atoms with van der Waals surface area (Å²) in [7, 11) is -4.04. The van der Waals surface area contributed by atoms with E-state index >= 15 is 0 Å². The van der Waals surface area contributed by atoms with E-state index in [0.29, 0.717) is 21.5 Å². The van der Waals surface area contributed by atoms with E-state index in [1.165, 1.54) is 48.1 Å². The molecule has 2 heterocycles. The molecule has 0 aromatic heterocycles. The minimum Gasteiger partial charge on any atom is -0.334 e. The van der Waals surface area contributed by atoms with Gasteiger partial charge in [-0.05, 0) is 50.3 Å². The third kappa shape index (κ3) is 7.11. The number of para-hydroxylation sites is 2. The van der Waals surface area contributed by atoms with Crippen LogP contribution in [0.4, 0.5) is 11.4 Å². The maximum atomic E-state index is 13.2. The summed E-state index contributed by atoms with van der Waals surface area (Å²) in [5.41, 5.74) is 1.62. The van der Waals surface area contributed by atoms with Gasteiger partial charge >= 0.3 is 0 Å². The Labute approximate surface area is 227 Å². The Morgan fingerprint density at radius 2 is 1.56 bits per heavy atom. The number of fused-ring (bicyclic) bond motifs is 1. The van der Waals surface area contributed by atoms with Gasteiger partial charge in [-0.1, -0.05) is 86.8 Å². The van der Waals surface area contributed by atoms with E-state index in [2.05, 4.69) is 25.7 Å². The molecule has 1 N–H and O–H groups in total. The lowest BCUT2D eigenvalue weighted by molar-refractivity contribution is -0.113. The Bertz CT molecular complexity index is 1210. The Hall–Kier alpha value is -1.89. The number of anilines is 2. The molecule has 0 radical (unpaired) electrons. The second-order valence-electron chi connectivity index (χ2n) is 7.96.